The zero-order chi connectivity index (χ0) is 16.2. The van der Waals surface area contributed by atoms with Crippen molar-refractivity contribution < 1.29 is 9.53 Å². The molecule has 3 rings (SSSR count). The minimum absolute atomic E-state index is 0.00461. The number of hydrogen-bond acceptors (Lipinski definition) is 3. The van der Waals surface area contributed by atoms with Gasteiger partial charge in [0, 0.05) is 22.3 Å². The number of rotatable bonds is 4. The number of amides is 1. The molecular weight excluding hydrogens is 353 g/mol. The summed E-state index contributed by atoms with van der Waals surface area (Å²) < 4.78 is 5.56. The molecule has 1 aliphatic rings. The van der Waals surface area contributed by atoms with E-state index >= 15 is 0 Å². The van der Waals surface area contributed by atoms with Crippen LogP contribution in [0.25, 0.3) is 0 Å². The van der Waals surface area contributed by atoms with Crippen LogP contribution >= 0.6 is 35.0 Å². The molecule has 0 aliphatic carbocycles. The van der Waals surface area contributed by atoms with E-state index in [1.807, 2.05) is 29.2 Å². The van der Waals surface area contributed by atoms with E-state index in [1.54, 1.807) is 36.0 Å². The van der Waals surface area contributed by atoms with Crippen molar-refractivity contribution in [2.75, 3.05) is 18.9 Å². The molecule has 120 valence electrons. The summed E-state index contributed by atoms with van der Waals surface area (Å²) in [4.78, 5) is 14.3. The van der Waals surface area contributed by atoms with Crippen molar-refractivity contribution in [1.29, 1.82) is 0 Å². The Labute approximate surface area is 149 Å². The van der Waals surface area contributed by atoms with Crippen LogP contribution in [0, 0.1) is 0 Å². The topological polar surface area (TPSA) is 29.5 Å². The van der Waals surface area contributed by atoms with Gasteiger partial charge in [-0.3, -0.25) is 4.79 Å². The SMILES string of the molecule is O=C(COc1ccc(Cl)cc1)N1CCS[C@@H]1c1cccc(Cl)c1. The van der Waals surface area contributed by atoms with Crippen molar-refractivity contribution in [1.82, 2.24) is 4.90 Å². The highest BCUT2D eigenvalue weighted by Crippen LogP contribution is 2.38. The monoisotopic (exact) mass is 367 g/mol. The van der Waals surface area contributed by atoms with Gasteiger partial charge in [0.2, 0.25) is 0 Å². The molecule has 3 nitrogen and oxygen atoms in total. The van der Waals surface area contributed by atoms with Crippen LogP contribution in [0.4, 0.5) is 0 Å². The Balaban J connectivity index is 1.65. The van der Waals surface area contributed by atoms with Gasteiger partial charge in [-0.05, 0) is 42.0 Å². The molecule has 1 aliphatic heterocycles. The van der Waals surface area contributed by atoms with Crippen molar-refractivity contribution in [2.45, 2.75) is 5.37 Å². The third kappa shape index (κ3) is 4.14. The molecule has 1 amide bonds. The van der Waals surface area contributed by atoms with Gasteiger partial charge in [0.15, 0.2) is 6.61 Å². The lowest BCUT2D eigenvalue weighted by atomic mass is 10.2. The van der Waals surface area contributed by atoms with Gasteiger partial charge >= 0.3 is 0 Å². The maximum absolute atomic E-state index is 12.5. The normalized spacial score (nSPS) is 17.3. The average molecular weight is 368 g/mol. The Bertz CT molecular complexity index is 693. The molecule has 1 heterocycles. The van der Waals surface area contributed by atoms with Crippen LogP contribution < -0.4 is 4.74 Å². The first kappa shape index (κ1) is 16.5. The smallest absolute Gasteiger partial charge is 0.261 e. The Morgan fingerprint density at radius 1 is 1.17 bits per heavy atom. The lowest BCUT2D eigenvalue weighted by Gasteiger charge is -2.24. The molecule has 0 bridgehead atoms. The number of carbonyl (C=O) groups excluding carboxylic acids is 1. The van der Waals surface area contributed by atoms with Gasteiger partial charge in [0.1, 0.15) is 11.1 Å². The Morgan fingerprint density at radius 3 is 2.70 bits per heavy atom. The molecule has 2 aromatic rings. The van der Waals surface area contributed by atoms with Crippen LogP contribution in [-0.2, 0) is 4.79 Å². The van der Waals surface area contributed by atoms with Gasteiger partial charge in [0.05, 0.1) is 0 Å². The molecule has 0 N–H and O–H groups in total. The fourth-order valence-corrected chi connectivity index (χ4v) is 4.01. The first-order valence-electron chi connectivity index (χ1n) is 7.18. The number of hydrogen-bond donors (Lipinski definition) is 0. The van der Waals surface area contributed by atoms with Crippen molar-refractivity contribution in [2.24, 2.45) is 0 Å². The van der Waals surface area contributed by atoms with E-state index in [4.69, 9.17) is 27.9 Å². The quantitative estimate of drug-likeness (QED) is 0.787. The van der Waals surface area contributed by atoms with E-state index in [0.29, 0.717) is 22.3 Å². The van der Waals surface area contributed by atoms with Gasteiger partial charge in [-0.15, -0.1) is 11.8 Å². The first-order valence-corrected chi connectivity index (χ1v) is 8.99. The Hall–Kier alpha value is -1.36. The van der Waals surface area contributed by atoms with E-state index in [1.165, 1.54) is 0 Å². The average Bonchev–Trinajstić information content (AvgIpc) is 3.04. The first-order chi connectivity index (χ1) is 11.1. The summed E-state index contributed by atoms with van der Waals surface area (Å²) in [5.41, 5.74) is 1.04. The maximum Gasteiger partial charge on any atom is 0.261 e. The summed E-state index contributed by atoms with van der Waals surface area (Å²) in [5, 5.41) is 1.32. The molecule has 2 aromatic carbocycles. The fraction of sp³-hybridized carbons (Fsp3) is 0.235. The summed E-state index contributed by atoms with van der Waals surface area (Å²) in [6.07, 6.45) is 0. The number of carbonyl (C=O) groups is 1. The summed E-state index contributed by atoms with van der Waals surface area (Å²) in [6, 6.07) is 14.6. The fourth-order valence-electron chi connectivity index (χ4n) is 2.42. The molecule has 0 aromatic heterocycles. The largest absolute Gasteiger partial charge is 0.484 e. The summed E-state index contributed by atoms with van der Waals surface area (Å²) in [7, 11) is 0. The van der Waals surface area contributed by atoms with E-state index in [-0.39, 0.29) is 17.9 Å². The Morgan fingerprint density at radius 2 is 1.96 bits per heavy atom. The minimum Gasteiger partial charge on any atom is -0.484 e. The third-order valence-corrected chi connectivity index (χ3v) is 5.27. The predicted molar refractivity (Wildman–Crippen MR) is 95.3 cm³/mol. The molecule has 0 spiro atoms. The van der Waals surface area contributed by atoms with E-state index in [9.17, 15) is 4.79 Å². The zero-order valence-electron chi connectivity index (χ0n) is 12.2. The van der Waals surface area contributed by atoms with Gasteiger partial charge in [-0.25, -0.2) is 0 Å². The van der Waals surface area contributed by atoms with Gasteiger partial charge in [-0.1, -0.05) is 35.3 Å². The molecule has 1 atom stereocenters. The number of thioether (sulfide) groups is 1. The maximum atomic E-state index is 12.5. The summed E-state index contributed by atoms with van der Waals surface area (Å²) in [6.45, 7) is 0.726. The van der Waals surface area contributed by atoms with E-state index in [2.05, 4.69) is 0 Å². The van der Waals surface area contributed by atoms with Gasteiger partial charge in [0.25, 0.3) is 5.91 Å². The van der Waals surface area contributed by atoms with Crippen LogP contribution in [0.3, 0.4) is 0 Å². The van der Waals surface area contributed by atoms with E-state index in [0.717, 1.165) is 11.3 Å². The number of halogens is 2. The van der Waals surface area contributed by atoms with Crippen molar-refractivity contribution in [3.05, 3.63) is 64.1 Å². The van der Waals surface area contributed by atoms with Gasteiger partial charge in [-0.2, -0.15) is 0 Å². The minimum atomic E-state index is -0.0325. The standard InChI is InChI=1S/C17H15Cl2NO2S/c18-13-4-6-15(7-5-13)22-11-16(21)20-8-9-23-17(20)12-2-1-3-14(19)10-12/h1-7,10,17H,8-9,11H2/t17-/m1/s1. The highest BCUT2D eigenvalue weighted by Gasteiger charge is 2.30. The number of benzene rings is 2. The highest BCUT2D eigenvalue weighted by atomic mass is 35.5. The lowest BCUT2D eigenvalue weighted by Crippen LogP contribution is -2.34. The molecule has 1 fully saturated rings. The lowest BCUT2D eigenvalue weighted by molar-refractivity contribution is -0.133. The van der Waals surface area contributed by atoms with Crippen LogP contribution in [0.15, 0.2) is 48.5 Å². The molecule has 1 saturated heterocycles. The predicted octanol–water partition coefficient (Wildman–Crippen LogP) is 4.65. The second-order valence-corrected chi connectivity index (χ2v) is 7.17. The second kappa shape index (κ2) is 7.47. The van der Waals surface area contributed by atoms with Gasteiger partial charge < -0.3 is 9.64 Å². The summed E-state index contributed by atoms with van der Waals surface area (Å²) in [5.74, 6) is 1.51. The van der Waals surface area contributed by atoms with Crippen molar-refractivity contribution in [3.63, 3.8) is 0 Å². The molecule has 0 saturated carbocycles. The molecule has 6 heteroatoms. The molecule has 0 unspecified atom stereocenters. The molecule has 0 radical (unpaired) electrons. The van der Waals surface area contributed by atoms with E-state index < -0.39 is 0 Å². The van der Waals surface area contributed by atoms with Crippen molar-refractivity contribution in [3.8, 4) is 5.75 Å². The molecule has 23 heavy (non-hydrogen) atoms. The van der Waals surface area contributed by atoms with Crippen LogP contribution in [0.1, 0.15) is 10.9 Å². The molecular formula is C17H15Cl2NO2S. The van der Waals surface area contributed by atoms with Crippen molar-refractivity contribution >= 4 is 40.9 Å². The van der Waals surface area contributed by atoms with Crippen LogP contribution in [0.5, 0.6) is 5.75 Å². The summed E-state index contributed by atoms with van der Waals surface area (Å²) >= 11 is 13.6. The highest BCUT2D eigenvalue weighted by molar-refractivity contribution is 7.99. The number of ether oxygens (including phenoxy) is 1. The van der Waals surface area contributed by atoms with Crippen LogP contribution in [-0.4, -0.2) is 29.7 Å². The Kier molecular flexibility index (Phi) is 5.36. The third-order valence-electron chi connectivity index (χ3n) is 3.52. The number of nitrogens with zero attached hydrogens (tertiary/aromatic N) is 1. The van der Waals surface area contributed by atoms with Crippen LogP contribution in [0.2, 0.25) is 10.0 Å². The second-order valence-electron chi connectivity index (χ2n) is 5.11. The zero-order valence-corrected chi connectivity index (χ0v) is 14.6.